The number of anilines is 1. The van der Waals surface area contributed by atoms with Crippen LogP contribution in [0.5, 0.6) is 0 Å². The van der Waals surface area contributed by atoms with Gasteiger partial charge in [-0.25, -0.2) is 4.79 Å². The average Bonchev–Trinajstić information content (AvgIpc) is 3.17. The molecule has 1 N–H and O–H groups in total. The molecule has 4 rings (SSSR count). The first-order valence-electron chi connectivity index (χ1n) is 9.35. The van der Waals surface area contributed by atoms with Gasteiger partial charge in [-0.15, -0.1) is 0 Å². The summed E-state index contributed by atoms with van der Waals surface area (Å²) >= 11 is 0. The van der Waals surface area contributed by atoms with Crippen LogP contribution in [0.2, 0.25) is 0 Å². The zero-order chi connectivity index (χ0) is 17.2. The third kappa shape index (κ3) is 3.82. The van der Waals surface area contributed by atoms with E-state index in [1.54, 1.807) is 0 Å². The summed E-state index contributed by atoms with van der Waals surface area (Å²) < 4.78 is 11.3. The summed E-state index contributed by atoms with van der Waals surface area (Å²) in [5, 5.41) is 4.07. The van der Waals surface area contributed by atoms with Gasteiger partial charge in [0.25, 0.3) is 0 Å². The van der Waals surface area contributed by atoms with Crippen molar-refractivity contribution in [3.05, 3.63) is 30.0 Å². The maximum absolute atomic E-state index is 12.9. The standard InChI is InChI=1S/C20H26N2O3/c1-14-10-16-11-17(7-8-19(16)25-14)21-20(23)22(12-15-4-2-5-15)13-18-6-3-9-24-18/h7-8,10-11,15,18H,2-6,9,12-13H2,1H3,(H,21,23)/t18-/m0/s1. The van der Waals surface area contributed by atoms with Gasteiger partial charge in [-0.1, -0.05) is 6.42 Å². The van der Waals surface area contributed by atoms with Crippen LogP contribution in [0.3, 0.4) is 0 Å². The van der Waals surface area contributed by atoms with E-state index in [2.05, 4.69) is 5.32 Å². The van der Waals surface area contributed by atoms with Gasteiger partial charge in [-0.05, 0) is 62.8 Å². The number of ether oxygens (including phenoxy) is 1. The second kappa shape index (κ2) is 7.08. The second-order valence-corrected chi connectivity index (χ2v) is 7.38. The third-order valence-corrected chi connectivity index (χ3v) is 5.33. The van der Waals surface area contributed by atoms with Crippen molar-refractivity contribution in [3.63, 3.8) is 0 Å². The molecule has 0 unspecified atom stereocenters. The molecule has 2 aliphatic rings. The molecule has 1 saturated heterocycles. The van der Waals surface area contributed by atoms with Crippen molar-refractivity contribution < 1.29 is 13.9 Å². The Hall–Kier alpha value is -2.01. The van der Waals surface area contributed by atoms with Crippen LogP contribution in [0.25, 0.3) is 11.0 Å². The molecule has 2 aromatic rings. The van der Waals surface area contributed by atoms with Gasteiger partial charge in [0.2, 0.25) is 0 Å². The molecular weight excluding hydrogens is 316 g/mol. The first-order chi connectivity index (χ1) is 12.2. The summed E-state index contributed by atoms with van der Waals surface area (Å²) in [6.07, 6.45) is 6.08. The number of carbonyl (C=O) groups is 1. The predicted octanol–water partition coefficient (Wildman–Crippen LogP) is 4.55. The SMILES string of the molecule is Cc1cc2cc(NC(=O)N(CC3CCC3)C[C@@H]3CCCO3)ccc2o1. The highest BCUT2D eigenvalue weighted by molar-refractivity contribution is 5.92. The molecule has 0 bridgehead atoms. The van der Waals surface area contributed by atoms with Crippen LogP contribution in [-0.2, 0) is 4.74 Å². The molecule has 1 aliphatic heterocycles. The lowest BCUT2D eigenvalue weighted by molar-refractivity contribution is 0.0748. The average molecular weight is 342 g/mol. The number of benzene rings is 1. The molecule has 0 spiro atoms. The smallest absolute Gasteiger partial charge is 0.321 e. The molecule has 2 amide bonds. The third-order valence-electron chi connectivity index (χ3n) is 5.33. The van der Waals surface area contributed by atoms with E-state index < -0.39 is 0 Å². The number of fused-ring (bicyclic) bond motifs is 1. The van der Waals surface area contributed by atoms with E-state index >= 15 is 0 Å². The topological polar surface area (TPSA) is 54.7 Å². The highest BCUT2D eigenvalue weighted by atomic mass is 16.5. The predicted molar refractivity (Wildman–Crippen MR) is 97.9 cm³/mol. The van der Waals surface area contributed by atoms with Gasteiger partial charge in [0.15, 0.2) is 0 Å². The number of nitrogens with one attached hydrogen (secondary N) is 1. The molecule has 1 aromatic carbocycles. The van der Waals surface area contributed by atoms with Crippen LogP contribution in [-0.4, -0.2) is 36.7 Å². The Morgan fingerprint density at radius 3 is 2.80 bits per heavy atom. The van der Waals surface area contributed by atoms with Crippen LogP contribution >= 0.6 is 0 Å². The van der Waals surface area contributed by atoms with Crippen molar-refractivity contribution in [2.45, 2.75) is 45.1 Å². The van der Waals surface area contributed by atoms with Crippen LogP contribution in [0.15, 0.2) is 28.7 Å². The fourth-order valence-corrected chi connectivity index (χ4v) is 3.72. The van der Waals surface area contributed by atoms with Crippen molar-refractivity contribution in [1.82, 2.24) is 4.90 Å². The van der Waals surface area contributed by atoms with Gasteiger partial charge in [0, 0.05) is 30.8 Å². The minimum Gasteiger partial charge on any atom is -0.461 e. The Kier molecular flexibility index (Phi) is 4.66. The van der Waals surface area contributed by atoms with Crippen LogP contribution in [0.4, 0.5) is 10.5 Å². The molecule has 0 radical (unpaired) electrons. The van der Waals surface area contributed by atoms with E-state index in [9.17, 15) is 4.79 Å². The molecule has 1 aliphatic carbocycles. The first kappa shape index (κ1) is 16.5. The number of aryl methyl sites for hydroxylation is 1. The van der Waals surface area contributed by atoms with Crippen LogP contribution in [0.1, 0.15) is 37.9 Å². The summed E-state index contributed by atoms with van der Waals surface area (Å²) in [4.78, 5) is 14.8. The molecule has 1 saturated carbocycles. The van der Waals surface area contributed by atoms with E-state index in [0.29, 0.717) is 12.5 Å². The first-order valence-corrected chi connectivity index (χ1v) is 9.35. The Balaban J connectivity index is 1.45. The number of amides is 2. The normalized spacial score (nSPS) is 20.6. The summed E-state index contributed by atoms with van der Waals surface area (Å²) in [7, 11) is 0. The number of furan rings is 1. The quantitative estimate of drug-likeness (QED) is 0.867. The van der Waals surface area contributed by atoms with Gasteiger partial charge in [-0.3, -0.25) is 0 Å². The largest absolute Gasteiger partial charge is 0.461 e. The van der Waals surface area contributed by atoms with Crippen molar-refractivity contribution in [2.24, 2.45) is 5.92 Å². The van der Waals surface area contributed by atoms with Crippen LogP contribution in [0, 0.1) is 12.8 Å². The van der Waals surface area contributed by atoms with E-state index in [-0.39, 0.29) is 12.1 Å². The van der Waals surface area contributed by atoms with Crippen molar-refractivity contribution in [3.8, 4) is 0 Å². The van der Waals surface area contributed by atoms with E-state index in [0.717, 1.165) is 48.4 Å². The van der Waals surface area contributed by atoms with Crippen molar-refractivity contribution >= 4 is 22.7 Å². The molecule has 5 heteroatoms. The highest BCUT2D eigenvalue weighted by Crippen LogP contribution is 2.28. The zero-order valence-corrected chi connectivity index (χ0v) is 14.8. The number of rotatable bonds is 5. The lowest BCUT2D eigenvalue weighted by Gasteiger charge is -2.33. The molecule has 2 fully saturated rings. The molecule has 134 valence electrons. The number of nitrogens with zero attached hydrogens (tertiary/aromatic N) is 1. The Morgan fingerprint density at radius 1 is 1.20 bits per heavy atom. The fourth-order valence-electron chi connectivity index (χ4n) is 3.72. The number of carbonyl (C=O) groups excluding carboxylic acids is 1. The number of hydrogen-bond donors (Lipinski definition) is 1. The van der Waals surface area contributed by atoms with Gasteiger partial charge in [-0.2, -0.15) is 0 Å². The molecule has 25 heavy (non-hydrogen) atoms. The second-order valence-electron chi connectivity index (χ2n) is 7.38. The minimum absolute atomic E-state index is 0.0260. The van der Waals surface area contributed by atoms with Gasteiger partial charge >= 0.3 is 6.03 Å². The maximum Gasteiger partial charge on any atom is 0.321 e. The summed E-state index contributed by atoms with van der Waals surface area (Å²) in [6, 6.07) is 7.74. The monoisotopic (exact) mass is 342 g/mol. The number of urea groups is 1. The molecular formula is C20H26N2O3. The lowest BCUT2D eigenvalue weighted by Crippen LogP contribution is -2.44. The minimum atomic E-state index is -0.0260. The molecule has 2 heterocycles. The Morgan fingerprint density at radius 2 is 2.08 bits per heavy atom. The van der Waals surface area contributed by atoms with Gasteiger partial charge in [0.05, 0.1) is 6.10 Å². The van der Waals surface area contributed by atoms with E-state index in [4.69, 9.17) is 9.15 Å². The van der Waals surface area contributed by atoms with Crippen molar-refractivity contribution in [1.29, 1.82) is 0 Å². The zero-order valence-electron chi connectivity index (χ0n) is 14.8. The van der Waals surface area contributed by atoms with E-state index in [1.807, 2.05) is 36.1 Å². The molecule has 5 nitrogen and oxygen atoms in total. The fraction of sp³-hybridized carbons (Fsp3) is 0.550. The summed E-state index contributed by atoms with van der Waals surface area (Å²) in [5.74, 6) is 1.52. The van der Waals surface area contributed by atoms with E-state index in [1.165, 1.54) is 19.3 Å². The summed E-state index contributed by atoms with van der Waals surface area (Å²) in [6.45, 7) is 4.27. The molecule has 1 aromatic heterocycles. The highest BCUT2D eigenvalue weighted by Gasteiger charge is 2.27. The summed E-state index contributed by atoms with van der Waals surface area (Å²) in [5.41, 5.74) is 1.66. The lowest BCUT2D eigenvalue weighted by atomic mass is 9.85. The van der Waals surface area contributed by atoms with Crippen molar-refractivity contribution in [2.75, 3.05) is 25.0 Å². The number of hydrogen-bond acceptors (Lipinski definition) is 3. The van der Waals surface area contributed by atoms with Crippen LogP contribution < -0.4 is 5.32 Å². The maximum atomic E-state index is 12.9. The van der Waals surface area contributed by atoms with Gasteiger partial charge < -0.3 is 19.4 Å². The molecule has 1 atom stereocenters. The Bertz CT molecular complexity index is 744. The van der Waals surface area contributed by atoms with Gasteiger partial charge in [0.1, 0.15) is 11.3 Å². The Labute approximate surface area is 148 Å².